The third-order valence-electron chi connectivity index (χ3n) is 2.29. The molecule has 0 unspecified atom stereocenters. The summed E-state index contributed by atoms with van der Waals surface area (Å²) in [5.41, 5.74) is 1.94. The first-order chi connectivity index (χ1) is 9.52. The van der Waals surface area contributed by atoms with Crippen LogP contribution in [0.2, 0.25) is 10.3 Å². The summed E-state index contributed by atoms with van der Waals surface area (Å²) in [5.74, 6) is 0. The van der Waals surface area contributed by atoms with E-state index in [2.05, 4.69) is 25.6 Å². The molecule has 0 saturated carbocycles. The molecule has 0 aliphatic carbocycles. The summed E-state index contributed by atoms with van der Waals surface area (Å²) in [6, 6.07) is 2.60. The van der Waals surface area contributed by atoms with Crippen molar-refractivity contribution in [3.63, 3.8) is 0 Å². The number of amides is 2. The Morgan fingerprint density at radius 2 is 1.90 bits per heavy atom. The van der Waals surface area contributed by atoms with Crippen LogP contribution in [0.25, 0.3) is 0 Å². The smallest absolute Gasteiger partial charge is 0.319 e. The van der Waals surface area contributed by atoms with Crippen LogP contribution in [-0.4, -0.2) is 21.0 Å². The van der Waals surface area contributed by atoms with E-state index >= 15 is 0 Å². The predicted octanol–water partition coefficient (Wildman–Crippen LogP) is 2.81. The summed E-state index contributed by atoms with van der Waals surface area (Å²) in [7, 11) is 0. The minimum atomic E-state index is -0.397. The van der Waals surface area contributed by atoms with Gasteiger partial charge in [-0.25, -0.2) is 9.78 Å². The molecule has 2 aromatic heterocycles. The highest BCUT2D eigenvalue weighted by molar-refractivity contribution is 6.32. The van der Waals surface area contributed by atoms with Crippen molar-refractivity contribution in [1.82, 2.24) is 20.3 Å². The lowest BCUT2D eigenvalue weighted by molar-refractivity contribution is 0.251. The van der Waals surface area contributed by atoms with Crippen LogP contribution in [0.4, 0.5) is 10.5 Å². The minimum absolute atomic E-state index is 0.206. The number of hydrogen-bond acceptors (Lipinski definition) is 4. The van der Waals surface area contributed by atoms with Gasteiger partial charge in [-0.15, -0.1) is 0 Å². The molecule has 104 valence electrons. The zero-order valence-corrected chi connectivity index (χ0v) is 12.0. The topological polar surface area (TPSA) is 79.8 Å². The number of aryl methyl sites for hydroxylation is 1. The van der Waals surface area contributed by atoms with E-state index in [0.29, 0.717) is 11.4 Å². The summed E-state index contributed by atoms with van der Waals surface area (Å²) in [6.07, 6.45) is 3.24. The second-order valence-corrected chi connectivity index (χ2v) is 4.73. The molecule has 6 nitrogen and oxygen atoms in total. The van der Waals surface area contributed by atoms with Gasteiger partial charge in [0.05, 0.1) is 24.1 Å². The second kappa shape index (κ2) is 6.49. The molecule has 2 aromatic rings. The van der Waals surface area contributed by atoms with E-state index in [9.17, 15) is 4.79 Å². The Labute approximate surface area is 125 Å². The third kappa shape index (κ3) is 4.32. The Bertz CT molecular complexity index is 597. The van der Waals surface area contributed by atoms with E-state index < -0.39 is 6.03 Å². The van der Waals surface area contributed by atoms with Crippen LogP contribution in [0.5, 0.6) is 0 Å². The summed E-state index contributed by atoms with van der Waals surface area (Å²) in [4.78, 5) is 23.7. The number of hydrogen-bond donors (Lipinski definition) is 2. The number of carbonyl (C=O) groups is 1. The van der Waals surface area contributed by atoms with E-state index in [-0.39, 0.29) is 16.9 Å². The average molecular weight is 312 g/mol. The Balaban J connectivity index is 1.90. The fourth-order valence-corrected chi connectivity index (χ4v) is 1.85. The molecule has 8 heteroatoms. The zero-order valence-electron chi connectivity index (χ0n) is 10.5. The molecule has 0 saturated heterocycles. The Morgan fingerprint density at radius 1 is 1.20 bits per heavy atom. The van der Waals surface area contributed by atoms with Crippen LogP contribution in [0.1, 0.15) is 11.4 Å². The van der Waals surface area contributed by atoms with Crippen molar-refractivity contribution in [2.24, 2.45) is 0 Å². The minimum Gasteiger partial charge on any atom is -0.332 e. The second-order valence-electron chi connectivity index (χ2n) is 3.96. The molecule has 0 fully saturated rings. The molecular weight excluding hydrogens is 301 g/mol. The maximum absolute atomic E-state index is 11.7. The third-order valence-corrected chi connectivity index (χ3v) is 2.67. The van der Waals surface area contributed by atoms with Crippen LogP contribution >= 0.6 is 23.2 Å². The van der Waals surface area contributed by atoms with Gasteiger partial charge in [0, 0.05) is 11.9 Å². The molecule has 0 aromatic carbocycles. The molecule has 0 aliphatic rings. The Kier molecular flexibility index (Phi) is 4.70. The van der Waals surface area contributed by atoms with Gasteiger partial charge in [0.1, 0.15) is 10.3 Å². The van der Waals surface area contributed by atoms with Crippen molar-refractivity contribution in [3.8, 4) is 0 Å². The monoisotopic (exact) mass is 311 g/mol. The van der Waals surface area contributed by atoms with Gasteiger partial charge in [0.2, 0.25) is 0 Å². The first kappa shape index (κ1) is 14.5. The number of nitrogens with zero attached hydrogens (tertiary/aromatic N) is 3. The van der Waals surface area contributed by atoms with Gasteiger partial charge in [-0.2, -0.15) is 0 Å². The molecule has 2 N–H and O–H groups in total. The number of pyridine rings is 1. The summed E-state index contributed by atoms with van der Waals surface area (Å²) in [6.45, 7) is 2.11. The van der Waals surface area contributed by atoms with E-state index in [0.717, 1.165) is 5.69 Å². The lowest BCUT2D eigenvalue weighted by Gasteiger charge is -2.07. The molecule has 20 heavy (non-hydrogen) atoms. The number of nitrogens with one attached hydrogen (secondary N) is 2. The van der Waals surface area contributed by atoms with E-state index in [4.69, 9.17) is 23.2 Å². The van der Waals surface area contributed by atoms with Gasteiger partial charge in [-0.05, 0) is 19.1 Å². The van der Waals surface area contributed by atoms with E-state index in [1.165, 1.54) is 12.1 Å². The summed E-state index contributed by atoms with van der Waals surface area (Å²) in [5, 5.41) is 5.66. The highest BCUT2D eigenvalue weighted by atomic mass is 35.5. The highest BCUT2D eigenvalue weighted by Gasteiger charge is 2.05. The Morgan fingerprint density at radius 3 is 2.50 bits per heavy atom. The van der Waals surface area contributed by atoms with Gasteiger partial charge < -0.3 is 10.6 Å². The zero-order chi connectivity index (χ0) is 14.5. The fraction of sp³-hybridized carbons (Fsp3) is 0.167. The van der Waals surface area contributed by atoms with Crippen LogP contribution in [0.3, 0.4) is 0 Å². The number of anilines is 1. The van der Waals surface area contributed by atoms with Crippen LogP contribution in [0, 0.1) is 6.92 Å². The van der Waals surface area contributed by atoms with E-state index in [1.54, 1.807) is 12.4 Å². The molecule has 0 bridgehead atoms. The van der Waals surface area contributed by atoms with Crippen molar-refractivity contribution in [2.45, 2.75) is 13.5 Å². The average Bonchev–Trinajstić information content (AvgIpc) is 2.37. The van der Waals surface area contributed by atoms with Crippen molar-refractivity contribution in [1.29, 1.82) is 0 Å². The maximum atomic E-state index is 11.7. The quantitative estimate of drug-likeness (QED) is 0.854. The number of aromatic nitrogens is 3. The first-order valence-electron chi connectivity index (χ1n) is 5.68. The van der Waals surface area contributed by atoms with Gasteiger partial charge >= 0.3 is 6.03 Å². The van der Waals surface area contributed by atoms with Crippen LogP contribution < -0.4 is 10.6 Å². The maximum Gasteiger partial charge on any atom is 0.319 e. The number of rotatable bonds is 3. The van der Waals surface area contributed by atoms with Crippen LogP contribution in [0.15, 0.2) is 24.5 Å². The normalized spacial score (nSPS) is 10.2. The van der Waals surface area contributed by atoms with Crippen molar-refractivity contribution >= 4 is 34.9 Å². The fourth-order valence-electron chi connectivity index (χ4n) is 1.39. The first-order valence-corrected chi connectivity index (χ1v) is 6.44. The van der Waals surface area contributed by atoms with Crippen molar-refractivity contribution in [3.05, 3.63) is 46.2 Å². The molecule has 0 atom stereocenters. The van der Waals surface area contributed by atoms with Gasteiger partial charge in [-0.3, -0.25) is 9.97 Å². The molecule has 0 spiro atoms. The number of halogens is 2. The molecule has 2 heterocycles. The molecule has 2 rings (SSSR count). The lowest BCUT2D eigenvalue weighted by Crippen LogP contribution is -2.28. The molecular formula is C12H11Cl2N5O. The summed E-state index contributed by atoms with van der Waals surface area (Å²) >= 11 is 11.5. The van der Waals surface area contributed by atoms with Crippen molar-refractivity contribution < 1.29 is 4.79 Å². The van der Waals surface area contributed by atoms with Gasteiger partial charge in [0.15, 0.2) is 0 Å². The highest BCUT2D eigenvalue weighted by Crippen LogP contribution is 2.18. The van der Waals surface area contributed by atoms with E-state index in [1.807, 2.05) is 6.92 Å². The SMILES string of the molecule is Cc1cnc(CNC(=O)Nc2cc(Cl)nc(Cl)c2)cn1. The standard InChI is InChI=1S/C12H11Cl2N5O/c1-7-4-16-9(5-15-7)6-17-12(20)18-8-2-10(13)19-11(14)3-8/h2-5H,6H2,1H3,(H2,17,18,19,20). The lowest BCUT2D eigenvalue weighted by atomic mass is 10.4. The van der Waals surface area contributed by atoms with Gasteiger partial charge in [-0.1, -0.05) is 23.2 Å². The van der Waals surface area contributed by atoms with Crippen molar-refractivity contribution in [2.75, 3.05) is 5.32 Å². The Hall–Kier alpha value is -1.92. The molecule has 0 aliphatic heterocycles. The van der Waals surface area contributed by atoms with Crippen LogP contribution in [-0.2, 0) is 6.54 Å². The number of carbonyl (C=O) groups excluding carboxylic acids is 1. The largest absolute Gasteiger partial charge is 0.332 e. The predicted molar refractivity (Wildman–Crippen MR) is 76.9 cm³/mol. The molecule has 2 amide bonds. The number of urea groups is 1. The molecule has 0 radical (unpaired) electrons. The van der Waals surface area contributed by atoms with Gasteiger partial charge in [0.25, 0.3) is 0 Å². The summed E-state index contributed by atoms with van der Waals surface area (Å²) < 4.78 is 0.